The molecule has 4 nitrogen and oxygen atoms in total. The van der Waals surface area contributed by atoms with E-state index in [0.717, 1.165) is 5.57 Å². The van der Waals surface area contributed by atoms with Gasteiger partial charge in [-0.05, 0) is 25.1 Å². The Labute approximate surface area is 77.2 Å². The number of aliphatic hydroxyl groups excluding tert-OH is 3. The smallest absolute Gasteiger partial charge is 0.153 e. The highest BCUT2D eigenvalue weighted by Crippen LogP contribution is 2.22. The van der Waals surface area contributed by atoms with Gasteiger partial charge in [-0.1, -0.05) is 0 Å². The molecule has 4 N–H and O–H groups in total. The number of allylic oxidation sites excluding steroid dienone is 2. The minimum atomic E-state index is -0.583. The van der Waals surface area contributed by atoms with Crippen LogP contribution in [0.15, 0.2) is 23.2 Å². The van der Waals surface area contributed by atoms with Gasteiger partial charge in [0.2, 0.25) is 0 Å². The molecule has 13 heavy (non-hydrogen) atoms. The molecule has 0 fully saturated rings. The maximum Gasteiger partial charge on any atom is 0.153 e. The molecule has 1 aliphatic rings. The molecule has 0 radical (unpaired) electrons. The second-order valence-electron chi connectivity index (χ2n) is 3.12. The molecule has 1 aliphatic carbocycles. The van der Waals surface area contributed by atoms with Crippen LogP contribution in [0.1, 0.15) is 12.8 Å². The molecule has 0 aromatic heterocycles. The van der Waals surface area contributed by atoms with Crippen LogP contribution in [0.2, 0.25) is 0 Å². The molecule has 0 aromatic rings. The summed E-state index contributed by atoms with van der Waals surface area (Å²) in [7, 11) is 1.75. The molecule has 0 heterocycles. The lowest BCUT2D eigenvalue weighted by molar-refractivity contribution is 0.201. The predicted molar refractivity (Wildman–Crippen MR) is 49.5 cm³/mol. The number of hydrogen-bond donors (Lipinski definition) is 4. The van der Waals surface area contributed by atoms with Crippen molar-refractivity contribution in [2.24, 2.45) is 0 Å². The van der Waals surface area contributed by atoms with Gasteiger partial charge in [-0.3, -0.25) is 0 Å². The van der Waals surface area contributed by atoms with Crippen LogP contribution in [0.5, 0.6) is 0 Å². The van der Waals surface area contributed by atoms with Crippen molar-refractivity contribution in [1.82, 2.24) is 5.32 Å². The van der Waals surface area contributed by atoms with Gasteiger partial charge < -0.3 is 20.6 Å². The summed E-state index contributed by atoms with van der Waals surface area (Å²) in [5, 5.41) is 30.7. The largest absolute Gasteiger partial charge is 0.508 e. The van der Waals surface area contributed by atoms with E-state index in [-0.39, 0.29) is 11.5 Å². The summed E-state index contributed by atoms with van der Waals surface area (Å²) in [5.41, 5.74) is 0.754. The minimum Gasteiger partial charge on any atom is -0.508 e. The van der Waals surface area contributed by atoms with Crippen LogP contribution in [-0.2, 0) is 0 Å². The van der Waals surface area contributed by atoms with E-state index >= 15 is 0 Å². The van der Waals surface area contributed by atoms with Crippen molar-refractivity contribution >= 4 is 0 Å². The van der Waals surface area contributed by atoms with Gasteiger partial charge in [0, 0.05) is 13.0 Å². The first kappa shape index (κ1) is 10.1. The van der Waals surface area contributed by atoms with Crippen molar-refractivity contribution in [3.05, 3.63) is 23.2 Å². The zero-order valence-corrected chi connectivity index (χ0v) is 7.62. The van der Waals surface area contributed by atoms with E-state index in [2.05, 4.69) is 5.32 Å². The molecule has 0 spiro atoms. The molecule has 0 unspecified atom stereocenters. The van der Waals surface area contributed by atoms with Crippen molar-refractivity contribution in [3.8, 4) is 0 Å². The lowest BCUT2D eigenvalue weighted by Crippen LogP contribution is -2.26. The third-order valence-electron chi connectivity index (χ3n) is 2.09. The van der Waals surface area contributed by atoms with Crippen molar-refractivity contribution < 1.29 is 15.3 Å². The number of rotatable bonds is 3. The van der Waals surface area contributed by atoms with Gasteiger partial charge in [-0.15, -0.1) is 0 Å². The molecule has 1 atom stereocenters. The molecule has 1 rings (SSSR count). The third kappa shape index (κ3) is 2.47. The van der Waals surface area contributed by atoms with E-state index < -0.39 is 6.10 Å². The van der Waals surface area contributed by atoms with Crippen LogP contribution < -0.4 is 5.32 Å². The Bertz CT molecular complexity index is 245. The van der Waals surface area contributed by atoms with Crippen LogP contribution in [0.4, 0.5) is 0 Å². The fourth-order valence-corrected chi connectivity index (χ4v) is 1.31. The Morgan fingerprint density at radius 3 is 2.69 bits per heavy atom. The molecule has 4 heteroatoms. The topological polar surface area (TPSA) is 72.7 Å². The number of nitrogens with one attached hydrogen (secondary N) is 1. The van der Waals surface area contributed by atoms with Gasteiger partial charge in [0.15, 0.2) is 5.76 Å². The van der Waals surface area contributed by atoms with Crippen molar-refractivity contribution in [2.75, 3.05) is 13.6 Å². The van der Waals surface area contributed by atoms with E-state index in [4.69, 9.17) is 5.11 Å². The summed E-state index contributed by atoms with van der Waals surface area (Å²) in [6.07, 6.45) is 1.85. The zero-order valence-electron chi connectivity index (χ0n) is 7.62. The quantitative estimate of drug-likeness (QED) is 0.520. The molecule has 74 valence electrons. The zero-order chi connectivity index (χ0) is 9.84. The van der Waals surface area contributed by atoms with Crippen molar-refractivity contribution in [3.63, 3.8) is 0 Å². The van der Waals surface area contributed by atoms with Crippen LogP contribution in [0, 0.1) is 0 Å². The summed E-state index contributed by atoms with van der Waals surface area (Å²) >= 11 is 0. The maximum atomic E-state index is 9.53. The molecule has 0 saturated heterocycles. The normalized spacial score (nSPS) is 20.0. The average molecular weight is 185 g/mol. The van der Waals surface area contributed by atoms with Crippen molar-refractivity contribution in [2.45, 2.75) is 18.9 Å². The van der Waals surface area contributed by atoms with Crippen LogP contribution in [-0.4, -0.2) is 35.0 Å². The SMILES string of the molecule is CNC[C@@H](O)C1=CC(O)=C(O)CC1. The highest BCUT2D eigenvalue weighted by molar-refractivity contribution is 5.27. The second kappa shape index (κ2) is 4.30. The first-order valence-corrected chi connectivity index (χ1v) is 4.29. The Hall–Kier alpha value is -1.00. The third-order valence-corrected chi connectivity index (χ3v) is 2.09. The van der Waals surface area contributed by atoms with E-state index in [1.54, 1.807) is 7.05 Å². The molecule has 0 amide bonds. The first-order chi connectivity index (χ1) is 6.15. The lowest BCUT2D eigenvalue weighted by Gasteiger charge is -2.18. The van der Waals surface area contributed by atoms with Crippen molar-refractivity contribution in [1.29, 1.82) is 0 Å². The van der Waals surface area contributed by atoms with E-state index in [9.17, 15) is 10.2 Å². The Balaban J connectivity index is 2.67. The number of hydrogen-bond acceptors (Lipinski definition) is 4. The second-order valence-corrected chi connectivity index (χ2v) is 3.12. The Morgan fingerprint density at radius 2 is 2.15 bits per heavy atom. The molecule has 0 saturated carbocycles. The summed E-state index contributed by atoms with van der Waals surface area (Å²) in [5.74, 6) is -0.128. The molecular weight excluding hydrogens is 170 g/mol. The molecule has 0 bridgehead atoms. The summed E-state index contributed by atoms with van der Waals surface area (Å²) in [6, 6.07) is 0. The van der Waals surface area contributed by atoms with Crippen LogP contribution >= 0.6 is 0 Å². The standard InChI is InChI=1S/C9H15NO3/c1-10-5-9(13)6-2-3-7(11)8(12)4-6/h4,9-13H,2-3,5H2,1H3/t9-/m1/s1. The lowest BCUT2D eigenvalue weighted by atomic mass is 9.98. The monoisotopic (exact) mass is 185 g/mol. The fraction of sp³-hybridized carbons (Fsp3) is 0.556. The van der Waals surface area contributed by atoms with Gasteiger partial charge in [0.25, 0.3) is 0 Å². The number of aliphatic hydroxyl groups is 3. The number of likely N-dealkylation sites (N-methyl/N-ethyl adjacent to an activating group) is 1. The highest BCUT2D eigenvalue weighted by Gasteiger charge is 2.16. The summed E-state index contributed by atoms with van der Waals surface area (Å²) in [6.45, 7) is 0.458. The molecule has 0 aromatic carbocycles. The molecular formula is C9H15NO3. The van der Waals surface area contributed by atoms with Crippen LogP contribution in [0.25, 0.3) is 0 Å². The van der Waals surface area contributed by atoms with E-state index in [0.29, 0.717) is 19.4 Å². The predicted octanol–water partition coefficient (Wildman–Crippen LogP) is 0.614. The fourth-order valence-electron chi connectivity index (χ4n) is 1.31. The highest BCUT2D eigenvalue weighted by atomic mass is 16.3. The van der Waals surface area contributed by atoms with Gasteiger partial charge in [0.05, 0.1) is 6.10 Å². The molecule has 0 aliphatic heterocycles. The maximum absolute atomic E-state index is 9.53. The van der Waals surface area contributed by atoms with E-state index in [1.165, 1.54) is 6.08 Å². The summed E-state index contributed by atoms with van der Waals surface area (Å²) < 4.78 is 0. The van der Waals surface area contributed by atoms with Gasteiger partial charge >= 0.3 is 0 Å². The van der Waals surface area contributed by atoms with Gasteiger partial charge in [0.1, 0.15) is 5.76 Å². The van der Waals surface area contributed by atoms with Crippen LogP contribution in [0.3, 0.4) is 0 Å². The van der Waals surface area contributed by atoms with Gasteiger partial charge in [-0.25, -0.2) is 0 Å². The van der Waals surface area contributed by atoms with E-state index in [1.807, 2.05) is 0 Å². The summed E-state index contributed by atoms with van der Waals surface area (Å²) in [4.78, 5) is 0. The first-order valence-electron chi connectivity index (χ1n) is 4.29. The average Bonchev–Trinajstić information content (AvgIpc) is 2.10. The Morgan fingerprint density at radius 1 is 1.46 bits per heavy atom. The minimum absolute atomic E-state index is 0.000377. The Kier molecular flexibility index (Phi) is 3.33. The van der Waals surface area contributed by atoms with Gasteiger partial charge in [-0.2, -0.15) is 0 Å².